The lowest BCUT2D eigenvalue weighted by atomic mass is 10.1. The number of hydrogen-bond acceptors (Lipinski definition) is 7. The SMILES string of the molecule is CC(C)(C)OC(=O)NCc1ccc(C(=O)NCc2ccc(OCCC(=O)N3CC(=O)C(O)C3)cc2)cc1. The first kappa shape index (κ1) is 27.7. The Hall–Kier alpha value is -3.92. The van der Waals surface area contributed by atoms with E-state index >= 15 is 0 Å². The molecule has 3 rings (SSSR count). The molecule has 1 unspecified atom stereocenters. The number of aliphatic hydroxyl groups excluding tert-OH is 1. The molecule has 1 aliphatic heterocycles. The van der Waals surface area contributed by atoms with E-state index in [0.717, 1.165) is 11.1 Å². The molecule has 3 amide bonds. The minimum atomic E-state index is -1.09. The highest BCUT2D eigenvalue weighted by Gasteiger charge is 2.31. The summed E-state index contributed by atoms with van der Waals surface area (Å²) >= 11 is 0. The van der Waals surface area contributed by atoms with Gasteiger partial charge in [-0.05, 0) is 56.2 Å². The number of ketones is 1. The van der Waals surface area contributed by atoms with E-state index in [2.05, 4.69) is 10.6 Å². The van der Waals surface area contributed by atoms with Gasteiger partial charge in [-0.3, -0.25) is 14.4 Å². The number of amides is 3. The van der Waals surface area contributed by atoms with Gasteiger partial charge in [-0.1, -0.05) is 24.3 Å². The van der Waals surface area contributed by atoms with Crippen LogP contribution in [0.4, 0.5) is 4.79 Å². The number of aliphatic hydroxyl groups is 1. The van der Waals surface area contributed by atoms with E-state index in [1.807, 2.05) is 12.1 Å². The lowest BCUT2D eigenvalue weighted by Gasteiger charge is -2.19. The maximum Gasteiger partial charge on any atom is 0.407 e. The molecule has 2 aromatic carbocycles. The van der Waals surface area contributed by atoms with Crippen molar-refractivity contribution in [2.45, 2.75) is 52.0 Å². The third kappa shape index (κ3) is 8.91. The first-order valence-corrected chi connectivity index (χ1v) is 12.0. The molecule has 1 fully saturated rings. The molecule has 0 spiro atoms. The summed E-state index contributed by atoms with van der Waals surface area (Å²) in [6.07, 6.45) is -1.49. The predicted molar refractivity (Wildman–Crippen MR) is 135 cm³/mol. The van der Waals surface area contributed by atoms with E-state index in [4.69, 9.17) is 9.47 Å². The van der Waals surface area contributed by atoms with Crippen molar-refractivity contribution in [2.75, 3.05) is 19.7 Å². The molecular weight excluding hydrogens is 478 g/mol. The van der Waals surface area contributed by atoms with Crippen LogP contribution in [0.5, 0.6) is 5.75 Å². The number of likely N-dealkylation sites (tertiary alicyclic amines) is 1. The van der Waals surface area contributed by atoms with Gasteiger partial charge in [0.15, 0.2) is 5.78 Å². The lowest BCUT2D eigenvalue weighted by Crippen LogP contribution is -2.32. The summed E-state index contributed by atoms with van der Waals surface area (Å²) < 4.78 is 10.8. The summed E-state index contributed by atoms with van der Waals surface area (Å²) in [6.45, 7) is 6.12. The van der Waals surface area contributed by atoms with E-state index < -0.39 is 17.8 Å². The Balaban J connectivity index is 1.37. The number of alkyl carbamates (subject to hydrolysis) is 1. The first-order chi connectivity index (χ1) is 17.5. The number of benzene rings is 2. The number of Topliss-reactive ketones (excluding diaryl/α,β-unsaturated/α-hetero) is 1. The molecule has 10 nitrogen and oxygen atoms in total. The number of carbonyl (C=O) groups is 4. The van der Waals surface area contributed by atoms with Gasteiger partial charge in [0.25, 0.3) is 5.91 Å². The van der Waals surface area contributed by atoms with E-state index in [1.54, 1.807) is 57.2 Å². The van der Waals surface area contributed by atoms with E-state index in [-0.39, 0.29) is 43.7 Å². The van der Waals surface area contributed by atoms with Crippen molar-refractivity contribution in [3.05, 3.63) is 65.2 Å². The highest BCUT2D eigenvalue weighted by Crippen LogP contribution is 2.14. The summed E-state index contributed by atoms with van der Waals surface area (Å²) in [7, 11) is 0. The van der Waals surface area contributed by atoms with Crippen molar-refractivity contribution in [2.24, 2.45) is 0 Å². The average molecular weight is 512 g/mol. The second kappa shape index (κ2) is 12.4. The Morgan fingerprint density at radius 1 is 0.973 bits per heavy atom. The van der Waals surface area contributed by atoms with E-state index in [9.17, 15) is 24.3 Å². The van der Waals surface area contributed by atoms with Crippen molar-refractivity contribution in [3.8, 4) is 5.75 Å². The van der Waals surface area contributed by atoms with Gasteiger partial charge in [-0.15, -0.1) is 0 Å². The lowest BCUT2D eigenvalue weighted by molar-refractivity contribution is -0.132. The second-order valence-corrected chi connectivity index (χ2v) is 9.73. The normalized spacial score (nSPS) is 15.3. The van der Waals surface area contributed by atoms with Crippen LogP contribution in [0.15, 0.2) is 48.5 Å². The van der Waals surface area contributed by atoms with Crippen molar-refractivity contribution >= 4 is 23.7 Å². The summed E-state index contributed by atoms with van der Waals surface area (Å²) in [5.74, 6) is -0.231. The van der Waals surface area contributed by atoms with Gasteiger partial charge in [0.05, 0.1) is 26.1 Å². The van der Waals surface area contributed by atoms with Crippen molar-refractivity contribution < 1.29 is 33.8 Å². The van der Waals surface area contributed by atoms with Crippen LogP contribution in [0.1, 0.15) is 48.7 Å². The molecule has 0 aromatic heterocycles. The van der Waals surface area contributed by atoms with Gasteiger partial charge in [-0.2, -0.15) is 0 Å². The highest BCUT2D eigenvalue weighted by atomic mass is 16.6. The molecule has 0 saturated carbocycles. The maximum absolute atomic E-state index is 12.5. The minimum Gasteiger partial charge on any atom is -0.493 e. The molecule has 198 valence electrons. The standard InChI is InChI=1S/C27H33N3O7/c1-27(2,3)37-26(35)29-15-18-4-8-20(9-5-18)25(34)28-14-19-6-10-21(11-7-19)36-13-12-24(33)30-16-22(31)23(32)17-30/h4-11,22,31H,12-17H2,1-3H3,(H,28,34)(H,29,35). The molecule has 3 N–H and O–H groups in total. The van der Waals surface area contributed by atoms with Gasteiger partial charge in [0.1, 0.15) is 17.5 Å². The zero-order valence-electron chi connectivity index (χ0n) is 21.3. The maximum atomic E-state index is 12.5. The Morgan fingerprint density at radius 2 is 1.57 bits per heavy atom. The summed E-state index contributed by atoms with van der Waals surface area (Å²) in [4.78, 5) is 49.0. The molecule has 1 atom stereocenters. The van der Waals surface area contributed by atoms with Gasteiger partial charge >= 0.3 is 6.09 Å². The van der Waals surface area contributed by atoms with Gasteiger partial charge < -0.3 is 30.1 Å². The molecule has 1 saturated heterocycles. The Bertz CT molecular complexity index is 1110. The average Bonchev–Trinajstić information content (AvgIpc) is 3.19. The summed E-state index contributed by atoms with van der Waals surface area (Å²) in [5.41, 5.74) is 1.64. The third-order valence-corrected chi connectivity index (χ3v) is 5.48. The van der Waals surface area contributed by atoms with E-state index in [0.29, 0.717) is 24.4 Å². The molecule has 10 heteroatoms. The van der Waals surface area contributed by atoms with Crippen LogP contribution in [0.25, 0.3) is 0 Å². The molecular formula is C27H33N3O7. The van der Waals surface area contributed by atoms with Crippen LogP contribution in [-0.4, -0.2) is 65.1 Å². The second-order valence-electron chi connectivity index (χ2n) is 9.73. The van der Waals surface area contributed by atoms with Crippen LogP contribution in [0.2, 0.25) is 0 Å². The smallest absolute Gasteiger partial charge is 0.407 e. The number of hydrogen-bond donors (Lipinski definition) is 3. The number of nitrogens with zero attached hydrogens (tertiary/aromatic N) is 1. The van der Waals surface area contributed by atoms with Gasteiger partial charge in [0, 0.05) is 18.7 Å². The Kier molecular flexibility index (Phi) is 9.24. The topological polar surface area (TPSA) is 134 Å². The summed E-state index contributed by atoms with van der Waals surface area (Å²) in [5, 5.41) is 15.0. The molecule has 0 bridgehead atoms. The summed E-state index contributed by atoms with van der Waals surface area (Å²) in [6, 6.07) is 14.1. The van der Waals surface area contributed by atoms with Crippen LogP contribution in [0, 0.1) is 0 Å². The molecule has 0 aliphatic carbocycles. The monoisotopic (exact) mass is 511 g/mol. The van der Waals surface area contributed by atoms with Crippen molar-refractivity contribution in [1.29, 1.82) is 0 Å². The zero-order valence-corrected chi connectivity index (χ0v) is 21.3. The number of β-amino-alcohol motifs (C(OH)–C–C–N with tert-alkyl or cyclic N) is 1. The number of carbonyl (C=O) groups excluding carboxylic acids is 4. The first-order valence-electron chi connectivity index (χ1n) is 12.0. The molecule has 2 aromatic rings. The number of rotatable bonds is 9. The van der Waals surface area contributed by atoms with Gasteiger partial charge in [0.2, 0.25) is 5.91 Å². The van der Waals surface area contributed by atoms with Crippen molar-refractivity contribution in [1.82, 2.24) is 15.5 Å². The third-order valence-electron chi connectivity index (χ3n) is 5.48. The number of nitrogens with one attached hydrogen (secondary N) is 2. The van der Waals surface area contributed by atoms with Crippen molar-refractivity contribution in [3.63, 3.8) is 0 Å². The predicted octanol–water partition coefficient (Wildman–Crippen LogP) is 2.18. The fourth-order valence-electron chi connectivity index (χ4n) is 3.52. The number of ether oxygens (including phenoxy) is 2. The van der Waals surface area contributed by atoms with Crippen LogP contribution in [-0.2, 0) is 27.4 Å². The van der Waals surface area contributed by atoms with Crippen LogP contribution in [0.3, 0.4) is 0 Å². The highest BCUT2D eigenvalue weighted by molar-refractivity contribution is 5.94. The zero-order chi connectivity index (χ0) is 27.0. The molecule has 1 aliphatic rings. The van der Waals surface area contributed by atoms with Crippen LogP contribution < -0.4 is 15.4 Å². The van der Waals surface area contributed by atoms with Gasteiger partial charge in [-0.25, -0.2) is 4.79 Å². The van der Waals surface area contributed by atoms with Crippen LogP contribution >= 0.6 is 0 Å². The molecule has 1 heterocycles. The fraction of sp³-hybridized carbons (Fsp3) is 0.407. The Morgan fingerprint density at radius 3 is 2.14 bits per heavy atom. The molecule has 0 radical (unpaired) electrons. The quantitative estimate of drug-likeness (QED) is 0.470. The largest absolute Gasteiger partial charge is 0.493 e. The van der Waals surface area contributed by atoms with E-state index in [1.165, 1.54) is 4.90 Å². The minimum absolute atomic E-state index is 0.0353. The molecule has 37 heavy (non-hydrogen) atoms. The Labute approximate surface area is 215 Å². The fourth-order valence-corrected chi connectivity index (χ4v) is 3.52.